The maximum atomic E-state index is 6.11. The van der Waals surface area contributed by atoms with Gasteiger partial charge in [-0.05, 0) is 55.1 Å². The van der Waals surface area contributed by atoms with Crippen LogP contribution < -0.4 is 5.32 Å². The Morgan fingerprint density at radius 3 is 2.67 bits per heavy atom. The molecule has 1 atom stereocenters. The fourth-order valence-electron chi connectivity index (χ4n) is 2.45. The van der Waals surface area contributed by atoms with Crippen LogP contribution in [-0.2, 0) is 6.42 Å². The second kappa shape index (κ2) is 7.98. The normalized spacial score (nSPS) is 12.4. The van der Waals surface area contributed by atoms with Crippen LogP contribution in [-0.4, -0.2) is 6.54 Å². The molecule has 1 unspecified atom stereocenters. The van der Waals surface area contributed by atoms with E-state index >= 15 is 0 Å². The van der Waals surface area contributed by atoms with Crippen LogP contribution in [0.25, 0.3) is 0 Å². The zero-order chi connectivity index (χ0) is 15.2. The number of nitrogens with one attached hydrogen (secondary N) is 1. The van der Waals surface area contributed by atoms with E-state index in [1.165, 1.54) is 21.2 Å². The molecule has 0 fully saturated rings. The predicted molar refractivity (Wildman–Crippen MR) is 95.1 cm³/mol. The lowest BCUT2D eigenvalue weighted by atomic mass is 9.97. The molecule has 0 aliphatic heterocycles. The molecular formula is C18H21BrClN. The fraction of sp³-hybridized carbons (Fsp3) is 0.333. The smallest absolute Gasteiger partial charge is 0.0408 e. The number of rotatable bonds is 6. The van der Waals surface area contributed by atoms with E-state index in [9.17, 15) is 0 Å². The lowest BCUT2D eigenvalue weighted by Crippen LogP contribution is -2.24. The first-order chi connectivity index (χ1) is 10.1. The predicted octanol–water partition coefficient (Wildman–Crippen LogP) is 5.69. The van der Waals surface area contributed by atoms with Crippen LogP contribution in [0.4, 0.5) is 0 Å². The minimum atomic E-state index is 0.290. The van der Waals surface area contributed by atoms with Gasteiger partial charge in [0.25, 0.3) is 0 Å². The molecule has 21 heavy (non-hydrogen) atoms. The quantitative estimate of drug-likeness (QED) is 0.692. The molecule has 1 N–H and O–H groups in total. The summed E-state index contributed by atoms with van der Waals surface area (Å²) in [6.45, 7) is 5.32. The van der Waals surface area contributed by atoms with Crippen molar-refractivity contribution in [2.24, 2.45) is 0 Å². The summed E-state index contributed by atoms with van der Waals surface area (Å²) in [5, 5.41) is 4.44. The number of aryl methyl sites for hydroxylation is 1. The van der Waals surface area contributed by atoms with E-state index in [1.54, 1.807) is 0 Å². The van der Waals surface area contributed by atoms with E-state index in [0.29, 0.717) is 0 Å². The summed E-state index contributed by atoms with van der Waals surface area (Å²) in [4.78, 5) is 0. The molecule has 1 nitrogen and oxygen atoms in total. The van der Waals surface area contributed by atoms with Crippen LogP contribution in [0.1, 0.15) is 36.1 Å². The summed E-state index contributed by atoms with van der Waals surface area (Å²) in [7, 11) is 0. The van der Waals surface area contributed by atoms with E-state index in [0.717, 1.165) is 24.4 Å². The second-order valence-electron chi connectivity index (χ2n) is 5.32. The summed E-state index contributed by atoms with van der Waals surface area (Å²) >= 11 is 9.84. The largest absolute Gasteiger partial charge is 0.310 e. The lowest BCUT2D eigenvalue weighted by Gasteiger charge is -2.21. The standard InChI is InChI=1S/C18H21BrClN/c1-3-10-21-17(12-14-7-5-8-15(20)11-14)16-9-4-6-13(2)18(16)19/h4-9,11,17,21H,3,10,12H2,1-2H3. The van der Waals surface area contributed by atoms with Gasteiger partial charge in [-0.2, -0.15) is 0 Å². The average molecular weight is 367 g/mol. The number of halogens is 2. The second-order valence-corrected chi connectivity index (χ2v) is 6.55. The molecule has 2 aromatic carbocycles. The summed E-state index contributed by atoms with van der Waals surface area (Å²) in [5.41, 5.74) is 3.83. The molecule has 0 aliphatic carbocycles. The Labute approximate surface area is 140 Å². The van der Waals surface area contributed by atoms with Crippen molar-refractivity contribution in [3.63, 3.8) is 0 Å². The summed E-state index contributed by atoms with van der Waals surface area (Å²) in [6.07, 6.45) is 2.05. The zero-order valence-corrected chi connectivity index (χ0v) is 14.8. The van der Waals surface area contributed by atoms with Crippen LogP contribution in [0.2, 0.25) is 5.02 Å². The molecule has 0 radical (unpaired) electrons. The average Bonchev–Trinajstić information content (AvgIpc) is 2.47. The SMILES string of the molecule is CCCNC(Cc1cccc(Cl)c1)c1cccc(C)c1Br. The molecule has 0 saturated carbocycles. The van der Waals surface area contributed by atoms with Gasteiger partial charge in [-0.3, -0.25) is 0 Å². The van der Waals surface area contributed by atoms with Crippen molar-refractivity contribution in [1.29, 1.82) is 0 Å². The minimum Gasteiger partial charge on any atom is -0.310 e. The maximum Gasteiger partial charge on any atom is 0.0408 e. The fourth-order valence-corrected chi connectivity index (χ4v) is 3.20. The van der Waals surface area contributed by atoms with E-state index in [-0.39, 0.29) is 6.04 Å². The molecule has 0 bridgehead atoms. The molecule has 0 aliphatic rings. The minimum absolute atomic E-state index is 0.290. The highest BCUT2D eigenvalue weighted by atomic mass is 79.9. The molecule has 0 amide bonds. The van der Waals surface area contributed by atoms with Gasteiger partial charge < -0.3 is 5.32 Å². The van der Waals surface area contributed by atoms with Crippen LogP contribution in [0.3, 0.4) is 0 Å². The Kier molecular flexibility index (Phi) is 6.28. The van der Waals surface area contributed by atoms with E-state index in [4.69, 9.17) is 11.6 Å². The van der Waals surface area contributed by atoms with Crippen LogP contribution in [0, 0.1) is 6.92 Å². The first kappa shape index (κ1) is 16.5. The Balaban J connectivity index is 2.27. The van der Waals surface area contributed by atoms with Crippen molar-refractivity contribution in [1.82, 2.24) is 5.32 Å². The van der Waals surface area contributed by atoms with Gasteiger partial charge >= 0.3 is 0 Å². The molecule has 0 aromatic heterocycles. The molecule has 0 spiro atoms. The van der Waals surface area contributed by atoms with Crippen molar-refractivity contribution in [3.05, 3.63) is 68.7 Å². The summed E-state index contributed by atoms with van der Waals surface area (Å²) in [6, 6.07) is 14.8. The van der Waals surface area contributed by atoms with Gasteiger partial charge in [-0.15, -0.1) is 0 Å². The first-order valence-corrected chi connectivity index (χ1v) is 8.51. The number of hydrogen-bond acceptors (Lipinski definition) is 1. The maximum absolute atomic E-state index is 6.11. The van der Waals surface area contributed by atoms with E-state index < -0.39 is 0 Å². The Bertz CT molecular complexity index is 598. The van der Waals surface area contributed by atoms with Crippen molar-refractivity contribution < 1.29 is 0 Å². The number of benzene rings is 2. The highest BCUT2D eigenvalue weighted by Crippen LogP contribution is 2.29. The molecule has 0 heterocycles. The van der Waals surface area contributed by atoms with Crippen molar-refractivity contribution >= 4 is 27.5 Å². The van der Waals surface area contributed by atoms with E-state index in [1.807, 2.05) is 18.2 Å². The highest BCUT2D eigenvalue weighted by Gasteiger charge is 2.15. The first-order valence-electron chi connectivity index (χ1n) is 7.34. The Morgan fingerprint density at radius 2 is 1.95 bits per heavy atom. The third-order valence-electron chi connectivity index (χ3n) is 3.57. The molecule has 3 heteroatoms. The number of hydrogen-bond donors (Lipinski definition) is 1. The topological polar surface area (TPSA) is 12.0 Å². The van der Waals surface area contributed by atoms with E-state index in [2.05, 4.69) is 59.4 Å². The van der Waals surface area contributed by atoms with Gasteiger partial charge in [-0.1, -0.05) is 64.8 Å². The summed E-state index contributed by atoms with van der Waals surface area (Å²) in [5.74, 6) is 0. The van der Waals surface area contributed by atoms with Gasteiger partial charge in [0, 0.05) is 15.5 Å². The summed E-state index contributed by atoms with van der Waals surface area (Å²) < 4.78 is 1.20. The molecular weight excluding hydrogens is 346 g/mol. The molecule has 2 rings (SSSR count). The Morgan fingerprint density at radius 1 is 1.19 bits per heavy atom. The van der Waals surface area contributed by atoms with Gasteiger partial charge in [0.05, 0.1) is 0 Å². The van der Waals surface area contributed by atoms with Crippen molar-refractivity contribution in [2.75, 3.05) is 6.54 Å². The van der Waals surface area contributed by atoms with Crippen molar-refractivity contribution in [3.8, 4) is 0 Å². The van der Waals surface area contributed by atoms with Gasteiger partial charge in [0.15, 0.2) is 0 Å². The Hall–Kier alpha value is -0.830. The van der Waals surface area contributed by atoms with Gasteiger partial charge in [-0.25, -0.2) is 0 Å². The third-order valence-corrected chi connectivity index (χ3v) is 4.89. The van der Waals surface area contributed by atoms with Gasteiger partial charge in [0.2, 0.25) is 0 Å². The van der Waals surface area contributed by atoms with Crippen LogP contribution in [0.15, 0.2) is 46.9 Å². The van der Waals surface area contributed by atoms with Gasteiger partial charge in [0.1, 0.15) is 0 Å². The monoisotopic (exact) mass is 365 g/mol. The van der Waals surface area contributed by atoms with Crippen LogP contribution in [0.5, 0.6) is 0 Å². The zero-order valence-electron chi connectivity index (χ0n) is 12.5. The van der Waals surface area contributed by atoms with Crippen LogP contribution >= 0.6 is 27.5 Å². The molecule has 112 valence electrons. The molecule has 2 aromatic rings. The lowest BCUT2D eigenvalue weighted by molar-refractivity contribution is 0.527. The van der Waals surface area contributed by atoms with Crippen molar-refractivity contribution in [2.45, 2.75) is 32.7 Å². The molecule has 0 saturated heterocycles. The highest BCUT2D eigenvalue weighted by molar-refractivity contribution is 9.10. The third kappa shape index (κ3) is 4.57.